The fraction of sp³-hybridized carbons (Fsp3) is 0.500. The molecule has 0 radical (unpaired) electrons. The molecule has 0 aliphatic carbocycles. The van der Waals surface area contributed by atoms with Gasteiger partial charge in [0.1, 0.15) is 0 Å². The monoisotopic (exact) mass is 260 g/mol. The molecule has 2 N–H and O–H groups in total. The van der Waals surface area contributed by atoms with E-state index in [1.165, 1.54) is 6.26 Å². The van der Waals surface area contributed by atoms with Crippen molar-refractivity contribution < 1.29 is 22.0 Å². The van der Waals surface area contributed by atoms with E-state index < -0.39 is 23.9 Å². The van der Waals surface area contributed by atoms with Gasteiger partial charge in [0.15, 0.2) is 5.16 Å². The third kappa shape index (κ3) is 2.31. The first-order valence-corrected chi connectivity index (χ1v) is 4.91. The summed E-state index contributed by atoms with van der Waals surface area (Å²) >= 11 is 0.781. The van der Waals surface area contributed by atoms with Gasteiger partial charge in [-0.3, -0.25) is 0 Å². The van der Waals surface area contributed by atoms with Crippen LogP contribution in [-0.2, 0) is 5.92 Å². The number of nitrogens with two attached hydrogens (primary N) is 1. The van der Waals surface area contributed by atoms with Crippen LogP contribution in [0.2, 0.25) is 0 Å². The highest BCUT2D eigenvalue weighted by atomic mass is 32.2. The van der Waals surface area contributed by atoms with E-state index >= 15 is 0 Å². The smallest absolute Gasteiger partial charge is 0.368 e. The highest BCUT2D eigenvalue weighted by molar-refractivity contribution is 7.98. The average molecular weight is 260 g/mol. The molecule has 0 unspecified atom stereocenters. The van der Waals surface area contributed by atoms with E-state index in [9.17, 15) is 22.0 Å². The van der Waals surface area contributed by atoms with Crippen molar-refractivity contribution >= 4 is 17.7 Å². The minimum Gasteiger partial charge on any atom is -0.368 e. The first-order valence-electron chi connectivity index (χ1n) is 3.69. The third-order valence-corrected chi connectivity index (χ3v) is 2.00. The average Bonchev–Trinajstić information content (AvgIpc) is 2.15. The van der Waals surface area contributed by atoms with Crippen molar-refractivity contribution in [1.82, 2.24) is 15.0 Å². The van der Waals surface area contributed by atoms with Crippen molar-refractivity contribution in [3.63, 3.8) is 0 Å². The first-order chi connectivity index (χ1) is 7.18. The molecule has 1 heterocycles. The van der Waals surface area contributed by atoms with E-state index in [1.807, 2.05) is 0 Å². The predicted octanol–water partition coefficient (Wildman–Crippen LogP) is 1.83. The Labute approximate surface area is 90.5 Å². The number of hydrogen-bond donors (Lipinski definition) is 1. The molecule has 4 nitrogen and oxygen atoms in total. The maximum Gasteiger partial charge on any atom is 0.461 e. The van der Waals surface area contributed by atoms with Gasteiger partial charge in [-0.05, 0) is 6.26 Å². The second kappa shape index (κ2) is 4.00. The molecular weight excluding hydrogens is 255 g/mol. The number of halogens is 5. The van der Waals surface area contributed by atoms with Crippen LogP contribution < -0.4 is 5.73 Å². The number of alkyl halides is 5. The number of hydrogen-bond acceptors (Lipinski definition) is 5. The summed E-state index contributed by atoms with van der Waals surface area (Å²) in [7, 11) is 0. The molecule has 0 bridgehead atoms. The number of anilines is 1. The summed E-state index contributed by atoms with van der Waals surface area (Å²) in [5, 5.41) is -0.300. The largest absolute Gasteiger partial charge is 0.461 e. The Morgan fingerprint density at radius 2 is 1.62 bits per heavy atom. The van der Waals surface area contributed by atoms with Crippen LogP contribution in [0.5, 0.6) is 0 Å². The van der Waals surface area contributed by atoms with Gasteiger partial charge in [-0.1, -0.05) is 11.8 Å². The summed E-state index contributed by atoms with van der Waals surface area (Å²) in [5.74, 6) is -7.52. The minimum absolute atomic E-state index is 0.300. The molecule has 90 valence electrons. The highest BCUT2D eigenvalue weighted by Gasteiger charge is 2.61. The van der Waals surface area contributed by atoms with Crippen LogP contribution in [0, 0.1) is 0 Å². The normalized spacial score (nSPS) is 12.9. The number of nitrogens with zero attached hydrogens (tertiary/aromatic N) is 3. The number of rotatable bonds is 2. The molecule has 16 heavy (non-hydrogen) atoms. The fourth-order valence-electron chi connectivity index (χ4n) is 0.731. The summed E-state index contributed by atoms with van der Waals surface area (Å²) in [6, 6.07) is 0. The zero-order valence-electron chi connectivity index (χ0n) is 7.72. The molecule has 0 saturated heterocycles. The Morgan fingerprint density at radius 3 is 2.06 bits per heavy atom. The van der Waals surface area contributed by atoms with E-state index in [0.717, 1.165) is 11.8 Å². The summed E-state index contributed by atoms with van der Waals surface area (Å²) in [6.07, 6.45) is -4.36. The van der Waals surface area contributed by atoms with E-state index in [0.29, 0.717) is 0 Å². The summed E-state index contributed by atoms with van der Waals surface area (Å²) in [5.41, 5.74) is 5.00. The quantitative estimate of drug-likeness (QED) is 0.649. The van der Waals surface area contributed by atoms with Gasteiger partial charge in [-0.15, -0.1) is 0 Å². The van der Waals surface area contributed by atoms with Crippen molar-refractivity contribution in [3.8, 4) is 0 Å². The standard InChI is InChI=1S/C6H5F5N4S/c1-16-4-14-2(13-3(12)15-4)5(7,8)6(9,10)11/h1H3,(H2,12,13,14,15). The van der Waals surface area contributed by atoms with Crippen molar-refractivity contribution in [3.05, 3.63) is 5.82 Å². The molecule has 1 rings (SSSR count). The lowest BCUT2D eigenvalue weighted by Gasteiger charge is -2.18. The molecule has 0 saturated carbocycles. The van der Waals surface area contributed by atoms with Gasteiger partial charge in [0.2, 0.25) is 11.8 Å². The third-order valence-electron chi connectivity index (χ3n) is 1.45. The van der Waals surface area contributed by atoms with Crippen LogP contribution in [0.4, 0.5) is 27.9 Å². The van der Waals surface area contributed by atoms with Crippen LogP contribution in [0.3, 0.4) is 0 Å². The van der Waals surface area contributed by atoms with E-state index in [1.54, 1.807) is 0 Å². The van der Waals surface area contributed by atoms with E-state index in [2.05, 4.69) is 15.0 Å². The van der Waals surface area contributed by atoms with Crippen molar-refractivity contribution in [1.29, 1.82) is 0 Å². The van der Waals surface area contributed by atoms with Crippen LogP contribution in [0.25, 0.3) is 0 Å². The fourth-order valence-corrected chi connectivity index (χ4v) is 1.09. The second-order valence-electron chi connectivity index (χ2n) is 2.58. The highest BCUT2D eigenvalue weighted by Crippen LogP contribution is 2.42. The van der Waals surface area contributed by atoms with Crippen LogP contribution in [-0.4, -0.2) is 27.4 Å². The topological polar surface area (TPSA) is 64.7 Å². The van der Waals surface area contributed by atoms with Crippen molar-refractivity contribution in [2.45, 2.75) is 17.3 Å². The van der Waals surface area contributed by atoms with Crippen LogP contribution >= 0.6 is 11.8 Å². The van der Waals surface area contributed by atoms with Gasteiger partial charge in [-0.2, -0.15) is 31.9 Å². The molecule has 0 aromatic carbocycles. The Balaban J connectivity index is 3.27. The molecule has 0 aliphatic rings. The zero-order chi connectivity index (χ0) is 12.6. The lowest BCUT2D eigenvalue weighted by molar-refractivity contribution is -0.292. The van der Waals surface area contributed by atoms with Gasteiger partial charge in [0.25, 0.3) is 0 Å². The molecular formula is C6H5F5N4S. The van der Waals surface area contributed by atoms with Gasteiger partial charge >= 0.3 is 12.1 Å². The number of aromatic nitrogens is 3. The Kier molecular flexibility index (Phi) is 3.22. The second-order valence-corrected chi connectivity index (χ2v) is 3.35. The van der Waals surface area contributed by atoms with Gasteiger partial charge in [0.05, 0.1) is 0 Å². The van der Waals surface area contributed by atoms with Crippen molar-refractivity contribution in [2.24, 2.45) is 0 Å². The lowest BCUT2D eigenvalue weighted by atomic mass is 10.3. The molecule has 1 aromatic rings. The van der Waals surface area contributed by atoms with Gasteiger partial charge in [-0.25, -0.2) is 4.98 Å². The summed E-state index contributed by atoms with van der Waals surface area (Å²) in [4.78, 5) is 9.14. The van der Waals surface area contributed by atoms with E-state index in [-0.39, 0.29) is 5.16 Å². The Morgan fingerprint density at radius 1 is 1.06 bits per heavy atom. The molecule has 1 aromatic heterocycles. The van der Waals surface area contributed by atoms with Gasteiger partial charge < -0.3 is 5.73 Å². The first kappa shape index (κ1) is 12.9. The maximum absolute atomic E-state index is 12.8. The van der Waals surface area contributed by atoms with Crippen molar-refractivity contribution in [2.75, 3.05) is 12.0 Å². The van der Waals surface area contributed by atoms with E-state index in [4.69, 9.17) is 5.73 Å². The molecule has 0 fully saturated rings. The zero-order valence-corrected chi connectivity index (χ0v) is 8.53. The summed E-state index contributed by atoms with van der Waals surface area (Å²) in [6.45, 7) is 0. The SMILES string of the molecule is CSc1nc(N)nc(C(F)(F)C(F)(F)F)n1. The molecule has 0 atom stereocenters. The number of nitrogen functional groups attached to an aromatic ring is 1. The minimum atomic E-state index is -5.77. The predicted molar refractivity (Wildman–Crippen MR) is 46.0 cm³/mol. The maximum atomic E-state index is 12.8. The molecule has 0 aliphatic heterocycles. The summed E-state index contributed by atoms with van der Waals surface area (Å²) < 4.78 is 61.6. The van der Waals surface area contributed by atoms with Gasteiger partial charge in [0, 0.05) is 0 Å². The Hall–Kier alpha value is -1.19. The van der Waals surface area contributed by atoms with Crippen LogP contribution in [0.1, 0.15) is 5.82 Å². The molecule has 0 spiro atoms. The molecule has 0 amide bonds. The molecule has 10 heteroatoms. The lowest BCUT2D eigenvalue weighted by Crippen LogP contribution is -2.36. The van der Waals surface area contributed by atoms with Crippen LogP contribution in [0.15, 0.2) is 5.16 Å². The Bertz CT molecular complexity index is 393. The number of thioether (sulfide) groups is 1.